The topological polar surface area (TPSA) is 68.3 Å². The summed E-state index contributed by atoms with van der Waals surface area (Å²) in [5, 5.41) is 6.53. The molecule has 0 atom stereocenters. The predicted molar refractivity (Wildman–Crippen MR) is 87.3 cm³/mol. The lowest BCUT2D eigenvalue weighted by atomic mass is 10.2. The second kappa shape index (κ2) is 8.84. The van der Waals surface area contributed by atoms with E-state index in [0.29, 0.717) is 6.54 Å². The van der Waals surface area contributed by atoms with Gasteiger partial charge in [-0.25, -0.2) is 9.97 Å². The number of benzene rings is 1. The number of anilines is 2. The lowest BCUT2D eigenvalue weighted by Gasteiger charge is -2.09. The summed E-state index contributed by atoms with van der Waals surface area (Å²) >= 11 is 0. The van der Waals surface area contributed by atoms with Crippen molar-refractivity contribution in [1.82, 2.24) is 9.97 Å². The fourth-order valence-electron chi connectivity index (χ4n) is 1.92. The number of ether oxygens (including phenoxy) is 2. The van der Waals surface area contributed by atoms with E-state index < -0.39 is 0 Å². The molecule has 6 nitrogen and oxygen atoms in total. The van der Waals surface area contributed by atoms with Gasteiger partial charge in [0.2, 0.25) is 0 Å². The zero-order valence-corrected chi connectivity index (χ0v) is 13.0. The van der Waals surface area contributed by atoms with Crippen LogP contribution in [0.15, 0.2) is 36.7 Å². The van der Waals surface area contributed by atoms with Gasteiger partial charge in [-0.2, -0.15) is 0 Å². The molecule has 0 spiro atoms. The normalized spacial score (nSPS) is 10.3. The molecule has 22 heavy (non-hydrogen) atoms. The smallest absolute Gasteiger partial charge is 0.131 e. The van der Waals surface area contributed by atoms with Crippen molar-refractivity contribution in [3.63, 3.8) is 0 Å². The maximum absolute atomic E-state index is 5.14. The van der Waals surface area contributed by atoms with Crippen molar-refractivity contribution in [2.75, 3.05) is 38.0 Å². The molecule has 2 rings (SSSR count). The Morgan fingerprint density at radius 1 is 1.00 bits per heavy atom. The Hall–Kier alpha value is -2.34. The first-order valence-electron chi connectivity index (χ1n) is 7.23. The van der Waals surface area contributed by atoms with Gasteiger partial charge in [-0.05, 0) is 24.1 Å². The fraction of sp³-hybridized carbons (Fsp3) is 0.375. The van der Waals surface area contributed by atoms with Gasteiger partial charge in [-0.3, -0.25) is 0 Å². The number of nitrogens with one attached hydrogen (secondary N) is 2. The lowest BCUT2D eigenvalue weighted by molar-refractivity contribution is 0.198. The van der Waals surface area contributed by atoms with Crippen molar-refractivity contribution in [3.05, 3.63) is 42.2 Å². The lowest BCUT2D eigenvalue weighted by Crippen LogP contribution is -2.07. The molecule has 0 saturated carbocycles. The van der Waals surface area contributed by atoms with E-state index in [9.17, 15) is 0 Å². The zero-order valence-electron chi connectivity index (χ0n) is 13.0. The fourth-order valence-corrected chi connectivity index (χ4v) is 1.92. The molecule has 0 amide bonds. The maximum atomic E-state index is 5.14. The van der Waals surface area contributed by atoms with Crippen LogP contribution < -0.4 is 15.4 Å². The molecule has 0 fully saturated rings. The van der Waals surface area contributed by atoms with E-state index >= 15 is 0 Å². The van der Waals surface area contributed by atoms with Crippen molar-refractivity contribution in [1.29, 1.82) is 0 Å². The van der Waals surface area contributed by atoms with Gasteiger partial charge in [0.05, 0.1) is 7.11 Å². The molecule has 0 bridgehead atoms. The molecule has 0 saturated heterocycles. The van der Waals surface area contributed by atoms with Crippen molar-refractivity contribution in [3.8, 4) is 5.75 Å². The molecular weight excluding hydrogens is 280 g/mol. The van der Waals surface area contributed by atoms with Crippen LogP contribution in [0, 0.1) is 0 Å². The molecule has 2 aromatic rings. The largest absolute Gasteiger partial charge is 0.497 e. The molecule has 0 aliphatic rings. The third-order valence-corrected chi connectivity index (χ3v) is 3.13. The van der Waals surface area contributed by atoms with Crippen molar-refractivity contribution >= 4 is 11.6 Å². The van der Waals surface area contributed by atoms with Gasteiger partial charge in [0, 0.05) is 32.9 Å². The summed E-state index contributed by atoms with van der Waals surface area (Å²) in [5.74, 6) is 2.46. The Labute approximate surface area is 130 Å². The quantitative estimate of drug-likeness (QED) is 0.694. The van der Waals surface area contributed by atoms with Crippen molar-refractivity contribution in [2.45, 2.75) is 13.0 Å². The Bertz CT molecular complexity index is 560. The van der Waals surface area contributed by atoms with Gasteiger partial charge in [-0.15, -0.1) is 0 Å². The first kappa shape index (κ1) is 16.0. The van der Waals surface area contributed by atoms with Crippen LogP contribution in [0.1, 0.15) is 12.0 Å². The van der Waals surface area contributed by atoms with Gasteiger partial charge >= 0.3 is 0 Å². The third-order valence-electron chi connectivity index (χ3n) is 3.13. The summed E-state index contributed by atoms with van der Waals surface area (Å²) in [6.07, 6.45) is 2.49. The van der Waals surface area contributed by atoms with Crippen LogP contribution in [-0.2, 0) is 11.3 Å². The highest BCUT2D eigenvalue weighted by atomic mass is 16.5. The maximum Gasteiger partial charge on any atom is 0.131 e. The number of aromatic nitrogens is 2. The SMILES string of the molecule is COCCCNc1cc(NCc2ccc(OC)cc2)ncn1. The molecule has 6 heteroatoms. The van der Waals surface area contributed by atoms with Crippen LogP contribution in [0.4, 0.5) is 11.6 Å². The standard InChI is InChI=1S/C16H22N4O2/c1-21-9-3-8-17-15-10-16(20-12-19-15)18-11-13-4-6-14(22-2)7-5-13/h4-7,10,12H,3,8-9,11H2,1-2H3,(H2,17,18,19,20). The van der Waals surface area contributed by atoms with Gasteiger partial charge in [0.1, 0.15) is 23.7 Å². The van der Waals surface area contributed by atoms with Gasteiger partial charge in [-0.1, -0.05) is 12.1 Å². The molecule has 0 unspecified atom stereocenters. The van der Waals surface area contributed by atoms with E-state index in [0.717, 1.165) is 42.5 Å². The highest BCUT2D eigenvalue weighted by Gasteiger charge is 1.99. The predicted octanol–water partition coefficient (Wildman–Crippen LogP) is 2.55. The highest BCUT2D eigenvalue weighted by molar-refractivity contribution is 5.46. The number of nitrogens with zero attached hydrogens (tertiary/aromatic N) is 2. The molecule has 2 N–H and O–H groups in total. The van der Waals surface area contributed by atoms with Gasteiger partial charge in [0.15, 0.2) is 0 Å². The van der Waals surface area contributed by atoms with Crippen LogP contribution in [0.2, 0.25) is 0 Å². The summed E-state index contributed by atoms with van der Waals surface area (Å²) in [6, 6.07) is 9.84. The number of hydrogen-bond donors (Lipinski definition) is 2. The monoisotopic (exact) mass is 302 g/mol. The number of methoxy groups -OCH3 is 2. The summed E-state index contributed by atoms with van der Waals surface area (Å²) in [6.45, 7) is 2.26. The zero-order chi connectivity index (χ0) is 15.6. The molecule has 0 aliphatic carbocycles. The van der Waals surface area contributed by atoms with Crippen LogP contribution in [0.25, 0.3) is 0 Å². The van der Waals surface area contributed by atoms with E-state index in [2.05, 4.69) is 20.6 Å². The van der Waals surface area contributed by atoms with Crippen LogP contribution >= 0.6 is 0 Å². The summed E-state index contributed by atoms with van der Waals surface area (Å²) in [7, 11) is 3.36. The molecule has 1 aromatic heterocycles. The van der Waals surface area contributed by atoms with Crippen LogP contribution in [-0.4, -0.2) is 37.3 Å². The van der Waals surface area contributed by atoms with Gasteiger partial charge in [0.25, 0.3) is 0 Å². The minimum absolute atomic E-state index is 0.699. The molecule has 0 aliphatic heterocycles. The van der Waals surface area contributed by atoms with Crippen molar-refractivity contribution < 1.29 is 9.47 Å². The minimum atomic E-state index is 0.699. The van der Waals surface area contributed by atoms with E-state index in [1.165, 1.54) is 0 Å². The second-order valence-electron chi connectivity index (χ2n) is 4.76. The van der Waals surface area contributed by atoms with E-state index in [1.807, 2.05) is 30.3 Å². The Balaban J connectivity index is 1.84. The Morgan fingerprint density at radius 3 is 2.41 bits per heavy atom. The van der Waals surface area contributed by atoms with Crippen LogP contribution in [0.3, 0.4) is 0 Å². The van der Waals surface area contributed by atoms with E-state index in [4.69, 9.17) is 9.47 Å². The molecule has 1 heterocycles. The second-order valence-corrected chi connectivity index (χ2v) is 4.76. The summed E-state index contributed by atoms with van der Waals surface area (Å²) in [5.41, 5.74) is 1.16. The van der Waals surface area contributed by atoms with E-state index in [1.54, 1.807) is 20.5 Å². The average molecular weight is 302 g/mol. The van der Waals surface area contributed by atoms with Gasteiger partial charge < -0.3 is 20.1 Å². The molecule has 118 valence electrons. The third kappa shape index (κ3) is 5.21. The van der Waals surface area contributed by atoms with Crippen LogP contribution in [0.5, 0.6) is 5.75 Å². The number of hydrogen-bond acceptors (Lipinski definition) is 6. The average Bonchev–Trinajstić information content (AvgIpc) is 2.58. The molecule has 0 radical (unpaired) electrons. The summed E-state index contributed by atoms with van der Waals surface area (Å²) < 4.78 is 10.2. The first-order chi connectivity index (χ1) is 10.8. The molecule has 1 aromatic carbocycles. The van der Waals surface area contributed by atoms with E-state index in [-0.39, 0.29) is 0 Å². The summed E-state index contributed by atoms with van der Waals surface area (Å²) in [4.78, 5) is 8.42. The minimum Gasteiger partial charge on any atom is -0.497 e. The number of rotatable bonds is 9. The first-order valence-corrected chi connectivity index (χ1v) is 7.23. The molecular formula is C16H22N4O2. The van der Waals surface area contributed by atoms with Crippen molar-refractivity contribution in [2.24, 2.45) is 0 Å². The Morgan fingerprint density at radius 2 is 1.73 bits per heavy atom. The highest BCUT2D eigenvalue weighted by Crippen LogP contribution is 2.13. The Kier molecular flexibility index (Phi) is 6.44.